The maximum absolute atomic E-state index is 11.4. The molecule has 1 saturated heterocycles. The Morgan fingerprint density at radius 3 is 2.35 bits per heavy atom. The first-order valence-corrected chi connectivity index (χ1v) is 5.46. The van der Waals surface area contributed by atoms with E-state index in [9.17, 15) is 4.79 Å². The maximum atomic E-state index is 11.4. The second kappa shape index (κ2) is 4.91. The van der Waals surface area contributed by atoms with Crippen LogP contribution in [0.4, 0.5) is 5.69 Å². The topological polar surface area (TPSA) is 38.8 Å². The minimum absolute atomic E-state index is 0.272. The van der Waals surface area contributed by atoms with E-state index in [4.69, 9.17) is 9.47 Å². The number of esters is 1. The number of carbonyl (C=O) groups excluding carboxylic acids is 1. The highest BCUT2D eigenvalue weighted by Crippen LogP contribution is 2.16. The third-order valence-corrected chi connectivity index (χ3v) is 2.48. The molecule has 0 N–H and O–H groups in total. The van der Waals surface area contributed by atoms with Crippen LogP contribution in [0.1, 0.15) is 5.56 Å². The van der Waals surface area contributed by atoms with Crippen LogP contribution in [0.25, 0.3) is 6.08 Å². The summed E-state index contributed by atoms with van der Waals surface area (Å²) in [6, 6.07) is 7.85. The lowest BCUT2D eigenvalue weighted by molar-refractivity contribution is -0.150. The number of anilines is 1. The summed E-state index contributed by atoms with van der Waals surface area (Å²) in [7, 11) is 3.96. The summed E-state index contributed by atoms with van der Waals surface area (Å²) in [6.45, 7) is 0.753. The lowest BCUT2D eigenvalue weighted by Gasteiger charge is -2.16. The lowest BCUT2D eigenvalue weighted by Crippen LogP contribution is -2.21. The van der Waals surface area contributed by atoms with Crippen molar-refractivity contribution in [1.82, 2.24) is 0 Å². The van der Waals surface area contributed by atoms with Gasteiger partial charge in [0.2, 0.25) is 5.76 Å². The molecule has 0 unspecified atom stereocenters. The molecule has 1 aliphatic rings. The van der Waals surface area contributed by atoms with Crippen molar-refractivity contribution in [2.45, 2.75) is 0 Å². The van der Waals surface area contributed by atoms with Gasteiger partial charge < -0.3 is 14.4 Å². The Bertz CT molecular complexity index is 434. The molecule has 0 spiro atoms. The lowest BCUT2D eigenvalue weighted by atomic mass is 10.2. The van der Waals surface area contributed by atoms with Gasteiger partial charge in [0.05, 0.1) is 0 Å². The molecule has 0 saturated carbocycles. The largest absolute Gasteiger partial charge is 0.483 e. The standard InChI is InChI=1S/C13H15NO3/c1-14(2)11-5-3-10(4-6-11)9-12-13(15)17-8-7-16-12/h3-6,9H,7-8H2,1-2H3/b12-9+. The van der Waals surface area contributed by atoms with Crippen LogP contribution in [0, 0.1) is 0 Å². The van der Waals surface area contributed by atoms with Crippen LogP contribution < -0.4 is 4.90 Å². The molecule has 4 heteroatoms. The number of carbonyl (C=O) groups is 1. The van der Waals surface area contributed by atoms with Gasteiger partial charge in [-0.05, 0) is 23.8 Å². The van der Waals surface area contributed by atoms with Gasteiger partial charge in [0.25, 0.3) is 0 Å². The molecule has 1 heterocycles. The molecule has 4 nitrogen and oxygen atoms in total. The first-order chi connectivity index (χ1) is 8.16. The molecule has 90 valence electrons. The van der Waals surface area contributed by atoms with Gasteiger partial charge in [0.15, 0.2) is 0 Å². The van der Waals surface area contributed by atoms with Gasteiger partial charge in [0, 0.05) is 19.8 Å². The van der Waals surface area contributed by atoms with Crippen LogP contribution in [0.3, 0.4) is 0 Å². The van der Waals surface area contributed by atoms with Gasteiger partial charge in [-0.3, -0.25) is 0 Å². The highest BCUT2D eigenvalue weighted by atomic mass is 16.6. The molecule has 0 aliphatic carbocycles. The van der Waals surface area contributed by atoms with Crippen molar-refractivity contribution in [2.24, 2.45) is 0 Å². The van der Waals surface area contributed by atoms with Crippen molar-refractivity contribution < 1.29 is 14.3 Å². The molecule has 1 fully saturated rings. The normalized spacial score (nSPS) is 17.5. The van der Waals surface area contributed by atoms with Crippen LogP contribution >= 0.6 is 0 Å². The van der Waals surface area contributed by atoms with E-state index in [0.717, 1.165) is 11.3 Å². The first-order valence-electron chi connectivity index (χ1n) is 5.46. The summed E-state index contributed by atoms with van der Waals surface area (Å²) < 4.78 is 10.1. The van der Waals surface area contributed by atoms with E-state index in [0.29, 0.717) is 13.2 Å². The molecular formula is C13H15NO3. The Kier molecular flexibility index (Phi) is 3.32. The van der Waals surface area contributed by atoms with E-state index < -0.39 is 5.97 Å². The molecule has 1 aromatic rings. The molecule has 0 amide bonds. The Hall–Kier alpha value is -1.97. The van der Waals surface area contributed by atoms with Crippen molar-refractivity contribution in [2.75, 3.05) is 32.2 Å². The molecule has 2 rings (SSSR count). The fraction of sp³-hybridized carbons (Fsp3) is 0.308. The van der Waals surface area contributed by atoms with Crippen molar-refractivity contribution in [3.05, 3.63) is 35.6 Å². The van der Waals surface area contributed by atoms with Gasteiger partial charge in [-0.2, -0.15) is 0 Å². The highest BCUT2D eigenvalue weighted by Gasteiger charge is 2.17. The average Bonchev–Trinajstić information content (AvgIpc) is 2.33. The third kappa shape index (κ3) is 2.78. The predicted molar refractivity (Wildman–Crippen MR) is 65.7 cm³/mol. The zero-order valence-corrected chi connectivity index (χ0v) is 9.97. The van der Waals surface area contributed by atoms with Crippen molar-refractivity contribution in [3.8, 4) is 0 Å². The maximum Gasteiger partial charge on any atom is 0.373 e. The van der Waals surface area contributed by atoms with Crippen LogP contribution in [-0.4, -0.2) is 33.3 Å². The summed E-state index contributed by atoms with van der Waals surface area (Å²) >= 11 is 0. The van der Waals surface area contributed by atoms with Gasteiger partial charge in [0.1, 0.15) is 13.2 Å². The molecule has 1 aliphatic heterocycles. The van der Waals surface area contributed by atoms with E-state index in [2.05, 4.69) is 0 Å². The first kappa shape index (κ1) is 11.5. The molecule has 0 bridgehead atoms. The Balaban J connectivity index is 2.17. The SMILES string of the molecule is CN(C)c1ccc(/C=C2/OCCOC2=O)cc1. The average molecular weight is 233 g/mol. The number of rotatable bonds is 2. The Morgan fingerprint density at radius 1 is 1.12 bits per heavy atom. The summed E-state index contributed by atoms with van der Waals surface area (Å²) in [5.74, 6) is -0.123. The summed E-state index contributed by atoms with van der Waals surface area (Å²) in [6.07, 6.45) is 1.70. The Labute approximate surface area is 100 Å². The molecular weight excluding hydrogens is 218 g/mol. The second-order valence-electron chi connectivity index (χ2n) is 3.98. The van der Waals surface area contributed by atoms with Crippen molar-refractivity contribution in [3.63, 3.8) is 0 Å². The van der Waals surface area contributed by atoms with Crippen molar-refractivity contribution in [1.29, 1.82) is 0 Å². The predicted octanol–water partition coefficient (Wildman–Crippen LogP) is 1.67. The molecule has 0 aromatic heterocycles. The van der Waals surface area contributed by atoms with E-state index in [1.165, 1.54) is 0 Å². The minimum atomic E-state index is -0.395. The number of hydrogen-bond acceptors (Lipinski definition) is 4. The molecule has 0 atom stereocenters. The van der Waals surface area contributed by atoms with E-state index in [-0.39, 0.29) is 5.76 Å². The molecule has 0 radical (unpaired) electrons. The van der Waals surface area contributed by atoms with Gasteiger partial charge in [-0.15, -0.1) is 0 Å². The number of hydrogen-bond donors (Lipinski definition) is 0. The number of nitrogens with zero attached hydrogens (tertiary/aromatic N) is 1. The van der Waals surface area contributed by atoms with Gasteiger partial charge in [-0.1, -0.05) is 12.1 Å². The van der Waals surface area contributed by atoms with Crippen LogP contribution in [0.5, 0.6) is 0 Å². The molecule has 17 heavy (non-hydrogen) atoms. The van der Waals surface area contributed by atoms with E-state index in [1.807, 2.05) is 43.3 Å². The van der Waals surface area contributed by atoms with E-state index >= 15 is 0 Å². The summed E-state index contributed by atoms with van der Waals surface area (Å²) in [4.78, 5) is 13.4. The molecule has 1 aromatic carbocycles. The zero-order valence-electron chi connectivity index (χ0n) is 9.97. The fourth-order valence-electron chi connectivity index (χ4n) is 1.54. The van der Waals surface area contributed by atoms with Crippen LogP contribution in [-0.2, 0) is 14.3 Å². The van der Waals surface area contributed by atoms with Crippen molar-refractivity contribution >= 4 is 17.7 Å². The zero-order chi connectivity index (χ0) is 12.3. The smallest absolute Gasteiger partial charge is 0.373 e. The number of ether oxygens (including phenoxy) is 2. The monoisotopic (exact) mass is 233 g/mol. The summed E-state index contributed by atoms with van der Waals surface area (Å²) in [5.41, 5.74) is 2.03. The third-order valence-electron chi connectivity index (χ3n) is 2.48. The Morgan fingerprint density at radius 2 is 1.76 bits per heavy atom. The number of benzene rings is 1. The van der Waals surface area contributed by atoms with Crippen LogP contribution in [0.2, 0.25) is 0 Å². The van der Waals surface area contributed by atoms with Crippen LogP contribution in [0.15, 0.2) is 30.0 Å². The van der Waals surface area contributed by atoms with Gasteiger partial charge in [-0.25, -0.2) is 4.79 Å². The van der Waals surface area contributed by atoms with E-state index in [1.54, 1.807) is 6.08 Å². The summed E-state index contributed by atoms with van der Waals surface area (Å²) in [5, 5.41) is 0. The minimum Gasteiger partial charge on any atom is -0.483 e. The second-order valence-corrected chi connectivity index (χ2v) is 3.98. The fourth-order valence-corrected chi connectivity index (χ4v) is 1.54. The quantitative estimate of drug-likeness (QED) is 0.575. The van der Waals surface area contributed by atoms with Gasteiger partial charge >= 0.3 is 5.97 Å². The highest BCUT2D eigenvalue weighted by molar-refractivity contribution is 5.91. The number of cyclic esters (lactones) is 1.